The molecule has 0 bridgehead atoms. The van der Waals surface area contributed by atoms with Crippen LogP contribution in [0.15, 0.2) is 12.1 Å². The highest BCUT2D eigenvalue weighted by Crippen LogP contribution is 2.34. The molecule has 20 heavy (non-hydrogen) atoms. The summed E-state index contributed by atoms with van der Waals surface area (Å²) in [6, 6.07) is 3.48. The van der Waals surface area contributed by atoms with Gasteiger partial charge in [-0.1, -0.05) is 33.1 Å². The van der Waals surface area contributed by atoms with Crippen LogP contribution in [0.3, 0.4) is 0 Å². The monoisotopic (exact) mass is 275 g/mol. The summed E-state index contributed by atoms with van der Waals surface area (Å²) in [5, 5.41) is 3.07. The largest absolute Gasteiger partial charge is 0.384 e. The molecule has 0 aromatic carbocycles. The fourth-order valence-corrected chi connectivity index (χ4v) is 2.90. The Morgan fingerprint density at radius 2 is 2.05 bits per heavy atom. The zero-order valence-corrected chi connectivity index (χ0v) is 12.5. The molecule has 3 N–H and O–H groups in total. The second-order valence-corrected chi connectivity index (χ2v) is 6.18. The maximum absolute atomic E-state index is 12.3. The van der Waals surface area contributed by atoms with Gasteiger partial charge in [0.2, 0.25) is 0 Å². The van der Waals surface area contributed by atoms with Gasteiger partial charge in [-0.2, -0.15) is 0 Å². The molecule has 0 saturated heterocycles. The summed E-state index contributed by atoms with van der Waals surface area (Å²) in [7, 11) is 0. The van der Waals surface area contributed by atoms with Crippen molar-refractivity contribution in [3.05, 3.63) is 23.4 Å². The first-order valence-electron chi connectivity index (χ1n) is 7.57. The lowest BCUT2D eigenvalue weighted by molar-refractivity contribution is 0.0919. The molecule has 2 rings (SSSR count). The minimum absolute atomic E-state index is 0.0411. The van der Waals surface area contributed by atoms with Gasteiger partial charge in [0.1, 0.15) is 5.82 Å². The topological polar surface area (TPSA) is 68.0 Å². The number of hydrogen-bond acceptors (Lipinski definition) is 3. The number of nitrogens with two attached hydrogens (primary N) is 1. The number of aromatic nitrogens is 1. The molecular formula is C16H25N3O. The molecule has 4 nitrogen and oxygen atoms in total. The molecule has 1 aliphatic rings. The number of nitrogen functional groups attached to an aromatic ring is 1. The van der Waals surface area contributed by atoms with E-state index in [9.17, 15) is 4.79 Å². The van der Waals surface area contributed by atoms with Crippen molar-refractivity contribution in [1.82, 2.24) is 10.3 Å². The number of pyridine rings is 1. The van der Waals surface area contributed by atoms with Crippen molar-refractivity contribution >= 4 is 11.7 Å². The van der Waals surface area contributed by atoms with Crippen molar-refractivity contribution in [3.8, 4) is 0 Å². The Morgan fingerprint density at radius 1 is 1.35 bits per heavy atom. The van der Waals surface area contributed by atoms with E-state index in [4.69, 9.17) is 5.73 Å². The van der Waals surface area contributed by atoms with E-state index in [1.54, 1.807) is 6.07 Å². The number of rotatable bonds is 4. The highest BCUT2D eigenvalue weighted by molar-refractivity contribution is 5.94. The summed E-state index contributed by atoms with van der Waals surface area (Å²) in [4.78, 5) is 16.5. The van der Waals surface area contributed by atoms with E-state index >= 15 is 0 Å². The second-order valence-electron chi connectivity index (χ2n) is 6.18. The molecule has 1 heterocycles. The van der Waals surface area contributed by atoms with Crippen molar-refractivity contribution in [3.63, 3.8) is 0 Å². The average Bonchev–Trinajstić information content (AvgIpc) is 2.45. The Bertz CT molecular complexity index is 479. The molecule has 1 aromatic heterocycles. The zero-order chi connectivity index (χ0) is 14.6. The summed E-state index contributed by atoms with van der Waals surface area (Å²) in [6.07, 6.45) is 7.05. The summed E-state index contributed by atoms with van der Waals surface area (Å²) < 4.78 is 0. The van der Waals surface area contributed by atoms with Crippen molar-refractivity contribution in [1.29, 1.82) is 0 Å². The first kappa shape index (κ1) is 14.8. The fraction of sp³-hybridized carbons (Fsp3) is 0.625. The molecule has 0 spiro atoms. The molecule has 4 heteroatoms. The summed E-state index contributed by atoms with van der Waals surface area (Å²) in [5.41, 5.74) is 7.48. The van der Waals surface area contributed by atoms with Crippen LogP contribution in [-0.4, -0.2) is 17.4 Å². The van der Waals surface area contributed by atoms with E-state index < -0.39 is 0 Å². The number of nitrogens with one attached hydrogen (secondary N) is 1. The number of hydrogen-bond donors (Lipinski definition) is 2. The molecule has 1 fully saturated rings. The fourth-order valence-electron chi connectivity index (χ4n) is 2.90. The number of aryl methyl sites for hydroxylation is 1. The first-order chi connectivity index (χ1) is 9.52. The minimum Gasteiger partial charge on any atom is -0.384 e. The van der Waals surface area contributed by atoms with Crippen LogP contribution in [0, 0.1) is 5.41 Å². The molecule has 1 amide bonds. The third-order valence-electron chi connectivity index (χ3n) is 4.26. The predicted octanol–water partition coefficient (Wildman–Crippen LogP) is 2.93. The lowest BCUT2D eigenvalue weighted by Gasteiger charge is -2.33. The quantitative estimate of drug-likeness (QED) is 0.887. The van der Waals surface area contributed by atoms with Crippen LogP contribution in [-0.2, 0) is 6.42 Å². The van der Waals surface area contributed by atoms with Crippen LogP contribution in [0.2, 0.25) is 0 Å². The van der Waals surface area contributed by atoms with Crippen molar-refractivity contribution in [2.75, 3.05) is 12.3 Å². The van der Waals surface area contributed by atoms with E-state index in [1.165, 1.54) is 32.1 Å². The van der Waals surface area contributed by atoms with Crippen molar-refractivity contribution < 1.29 is 4.79 Å². The lowest BCUT2D eigenvalue weighted by Crippen LogP contribution is -2.37. The Morgan fingerprint density at radius 3 is 2.70 bits per heavy atom. The van der Waals surface area contributed by atoms with E-state index in [1.807, 2.05) is 13.0 Å². The maximum Gasteiger partial charge on any atom is 0.251 e. The summed E-state index contributed by atoms with van der Waals surface area (Å²) in [5.74, 6) is 0.374. The average molecular weight is 275 g/mol. The molecule has 0 atom stereocenters. The first-order valence-corrected chi connectivity index (χ1v) is 7.57. The van der Waals surface area contributed by atoms with Crippen LogP contribution in [0.25, 0.3) is 0 Å². The van der Waals surface area contributed by atoms with Gasteiger partial charge in [0, 0.05) is 17.8 Å². The van der Waals surface area contributed by atoms with Crippen LogP contribution in [0.1, 0.15) is 62.0 Å². The second kappa shape index (κ2) is 6.25. The molecular weight excluding hydrogens is 250 g/mol. The van der Waals surface area contributed by atoms with E-state index in [-0.39, 0.29) is 11.3 Å². The Hall–Kier alpha value is -1.58. The van der Waals surface area contributed by atoms with Crippen LogP contribution in [0.5, 0.6) is 0 Å². The molecule has 0 unspecified atom stereocenters. The normalized spacial score (nSPS) is 17.7. The smallest absolute Gasteiger partial charge is 0.251 e. The SMILES string of the molecule is CCc1cc(C(=O)NCC2(C)CCCCC2)cc(N)n1. The van der Waals surface area contributed by atoms with Crippen LogP contribution in [0.4, 0.5) is 5.82 Å². The van der Waals surface area contributed by atoms with Gasteiger partial charge in [0.15, 0.2) is 0 Å². The maximum atomic E-state index is 12.3. The van der Waals surface area contributed by atoms with Gasteiger partial charge < -0.3 is 11.1 Å². The van der Waals surface area contributed by atoms with Gasteiger partial charge in [-0.3, -0.25) is 4.79 Å². The number of nitrogens with zero attached hydrogens (tertiary/aromatic N) is 1. The number of amides is 1. The highest BCUT2D eigenvalue weighted by Gasteiger charge is 2.27. The lowest BCUT2D eigenvalue weighted by atomic mass is 9.76. The number of anilines is 1. The van der Waals surface area contributed by atoms with E-state index in [2.05, 4.69) is 17.2 Å². The molecule has 1 aromatic rings. The molecule has 0 aliphatic heterocycles. The van der Waals surface area contributed by atoms with Gasteiger partial charge in [0.05, 0.1) is 0 Å². The molecule has 110 valence electrons. The highest BCUT2D eigenvalue weighted by atomic mass is 16.1. The van der Waals surface area contributed by atoms with Crippen LogP contribution >= 0.6 is 0 Å². The molecule has 0 radical (unpaired) electrons. The summed E-state index contributed by atoms with van der Waals surface area (Å²) >= 11 is 0. The van der Waals surface area contributed by atoms with Crippen molar-refractivity contribution in [2.24, 2.45) is 5.41 Å². The number of carbonyl (C=O) groups is 1. The van der Waals surface area contributed by atoms with Gasteiger partial charge in [-0.05, 0) is 36.8 Å². The Kier molecular flexibility index (Phi) is 4.63. The standard InChI is InChI=1S/C16H25N3O/c1-3-13-9-12(10-14(17)19-13)15(20)18-11-16(2)7-5-4-6-8-16/h9-10H,3-8,11H2,1-2H3,(H2,17,19)(H,18,20). The van der Waals surface area contributed by atoms with Gasteiger partial charge in [-0.15, -0.1) is 0 Å². The predicted molar refractivity (Wildman–Crippen MR) is 81.6 cm³/mol. The molecule has 1 saturated carbocycles. The minimum atomic E-state index is -0.0411. The van der Waals surface area contributed by atoms with Gasteiger partial charge in [0.25, 0.3) is 5.91 Å². The van der Waals surface area contributed by atoms with E-state index in [0.29, 0.717) is 11.4 Å². The third-order valence-corrected chi connectivity index (χ3v) is 4.26. The van der Waals surface area contributed by atoms with Gasteiger partial charge >= 0.3 is 0 Å². The third kappa shape index (κ3) is 3.71. The zero-order valence-electron chi connectivity index (χ0n) is 12.5. The Labute approximate surface area is 121 Å². The molecule has 1 aliphatic carbocycles. The van der Waals surface area contributed by atoms with E-state index in [0.717, 1.165) is 18.7 Å². The van der Waals surface area contributed by atoms with Gasteiger partial charge in [-0.25, -0.2) is 4.98 Å². The van der Waals surface area contributed by atoms with Crippen molar-refractivity contribution in [2.45, 2.75) is 52.4 Å². The number of carbonyl (C=O) groups excluding carboxylic acids is 1. The summed E-state index contributed by atoms with van der Waals surface area (Å²) in [6.45, 7) is 5.02. The Balaban J connectivity index is 1.99. The van der Waals surface area contributed by atoms with Crippen LogP contribution < -0.4 is 11.1 Å².